The van der Waals surface area contributed by atoms with Gasteiger partial charge in [-0.25, -0.2) is 0 Å². The zero-order valence-corrected chi connectivity index (χ0v) is 12.1. The molecule has 0 aromatic rings. The van der Waals surface area contributed by atoms with E-state index in [-0.39, 0.29) is 11.9 Å². The fourth-order valence-electron chi connectivity index (χ4n) is 2.48. The average Bonchev–Trinajstić information content (AvgIpc) is 2.81. The fraction of sp³-hybridized carbons (Fsp3) is 0.929. The smallest absolute Gasteiger partial charge is 0.234 e. The quantitative estimate of drug-likeness (QED) is 0.722. The molecule has 1 amide bonds. The molecule has 1 fully saturated rings. The summed E-state index contributed by atoms with van der Waals surface area (Å²) in [7, 11) is 0. The highest BCUT2D eigenvalue weighted by Crippen LogP contribution is 2.22. The van der Waals surface area contributed by atoms with Crippen molar-refractivity contribution in [1.82, 2.24) is 10.2 Å². The van der Waals surface area contributed by atoms with Gasteiger partial charge in [0.05, 0.1) is 6.54 Å². The predicted molar refractivity (Wildman–Crippen MR) is 75.3 cm³/mol. The number of hydrogen-bond donors (Lipinski definition) is 2. The zero-order valence-electron chi connectivity index (χ0n) is 12.1. The molecule has 1 rings (SSSR count). The van der Waals surface area contributed by atoms with Crippen molar-refractivity contribution in [2.75, 3.05) is 19.6 Å². The Kier molecular flexibility index (Phi) is 6.65. The van der Waals surface area contributed by atoms with E-state index in [1.807, 2.05) is 0 Å². The summed E-state index contributed by atoms with van der Waals surface area (Å²) in [6, 6.07) is 0.800. The SMILES string of the molecule is CC(C)C(C)NC(=O)CN(CCN)C1CCCC1. The Bertz CT molecular complexity index is 249. The third kappa shape index (κ3) is 4.94. The van der Waals surface area contributed by atoms with Gasteiger partial charge < -0.3 is 11.1 Å². The van der Waals surface area contributed by atoms with E-state index in [1.54, 1.807) is 0 Å². The van der Waals surface area contributed by atoms with Crippen LogP contribution in [0.15, 0.2) is 0 Å². The number of carbonyl (C=O) groups excluding carboxylic acids is 1. The van der Waals surface area contributed by atoms with Crippen molar-refractivity contribution in [2.24, 2.45) is 11.7 Å². The van der Waals surface area contributed by atoms with Crippen molar-refractivity contribution in [3.8, 4) is 0 Å². The largest absolute Gasteiger partial charge is 0.352 e. The number of hydrogen-bond acceptors (Lipinski definition) is 3. The molecular weight excluding hydrogens is 226 g/mol. The molecule has 1 aliphatic rings. The molecule has 0 aromatic carbocycles. The summed E-state index contributed by atoms with van der Waals surface area (Å²) in [5, 5.41) is 3.07. The van der Waals surface area contributed by atoms with Gasteiger partial charge in [-0.2, -0.15) is 0 Å². The van der Waals surface area contributed by atoms with Crippen LogP contribution in [-0.2, 0) is 4.79 Å². The summed E-state index contributed by atoms with van der Waals surface area (Å²) in [5.41, 5.74) is 5.65. The zero-order chi connectivity index (χ0) is 13.5. The van der Waals surface area contributed by atoms with Gasteiger partial charge in [0.25, 0.3) is 0 Å². The number of amides is 1. The number of carbonyl (C=O) groups is 1. The van der Waals surface area contributed by atoms with Crippen LogP contribution in [0.3, 0.4) is 0 Å². The summed E-state index contributed by atoms with van der Waals surface area (Å²) in [4.78, 5) is 14.3. The second kappa shape index (κ2) is 7.74. The molecule has 0 aromatic heterocycles. The van der Waals surface area contributed by atoms with Crippen molar-refractivity contribution in [1.29, 1.82) is 0 Å². The van der Waals surface area contributed by atoms with Gasteiger partial charge in [-0.3, -0.25) is 9.69 Å². The van der Waals surface area contributed by atoms with Gasteiger partial charge in [0.2, 0.25) is 5.91 Å². The molecule has 4 nitrogen and oxygen atoms in total. The molecule has 0 saturated heterocycles. The van der Waals surface area contributed by atoms with Crippen LogP contribution in [-0.4, -0.2) is 42.5 Å². The topological polar surface area (TPSA) is 58.4 Å². The van der Waals surface area contributed by atoms with E-state index in [4.69, 9.17) is 5.73 Å². The van der Waals surface area contributed by atoms with Gasteiger partial charge >= 0.3 is 0 Å². The summed E-state index contributed by atoms with van der Waals surface area (Å²) in [6.07, 6.45) is 5.01. The van der Waals surface area contributed by atoms with Crippen LogP contribution in [0.4, 0.5) is 0 Å². The van der Waals surface area contributed by atoms with Gasteiger partial charge in [-0.05, 0) is 25.7 Å². The number of rotatable bonds is 7. The number of nitrogens with zero attached hydrogens (tertiary/aromatic N) is 1. The van der Waals surface area contributed by atoms with Gasteiger partial charge in [0, 0.05) is 25.2 Å². The summed E-state index contributed by atoms with van der Waals surface area (Å²) in [6.45, 7) is 8.27. The van der Waals surface area contributed by atoms with Gasteiger partial charge in [-0.1, -0.05) is 26.7 Å². The summed E-state index contributed by atoms with van der Waals surface area (Å²) < 4.78 is 0. The first-order valence-corrected chi connectivity index (χ1v) is 7.28. The molecule has 1 saturated carbocycles. The van der Waals surface area contributed by atoms with Crippen LogP contribution >= 0.6 is 0 Å². The van der Waals surface area contributed by atoms with Crippen molar-refractivity contribution in [2.45, 2.75) is 58.5 Å². The van der Waals surface area contributed by atoms with Crippen molar-refractivity contribution < 1.29 is 4.79 Å². The summed E-state index contributed by atoms with van der Waals surface area (Å²) in [5.74, 6) is 0.611. The van der Waals surface area contributed by atoms with Crippen LogP contribution in [0.5, 0.6) is 0 Å². The highest BCUT2D eigenvalue weighted by atomic mass is 16.2. The lowest BCUT2D eigenvalue weighted by atomic mass is 10.1. The van der Waals surface area contributed by atoms with E-state index in [0.29, 0.717) is 25.0 Å². The van der Waals surface area contributed by atoms with Gasteiger partial charge in [0.1, 0.15) is 0 Å². The van der Waals surface area contributed by atoms with Crippen LogP contribution in [0.25, 0.3) is 0 Å². The lowest BCUT2D eigenvalue weighted by Crippen LogP contribution is -2.47. The molecule has 0 aliphatic heterocycles. The molecule has 106 valence electrons. The Morgan fingerprint density at radius 2 is 1.94 bits per heavy atom. The number of nitrogens with two attached hydrogens (primary N) is 1. The molecule has 1 unspecified atom stereocenters. The normalized spacial score (nSPS) is 18.6. The van der Waals surface area contributed by atoms with Crippen LogP contribution in [0.1, 0.15) is 46.5 Å². The molecule has 1 aliphatic carbocycles. The Morgan fingerprint density at radius 1 is 1.33 bits per heavy atom. The van der Waals surface area contributed by atoms with Crippen molar-refractivity contribution in [3.63, 3.8) is 0 Å². The van der Waals surface area contributed by atoms with E-state index in [9.17, 15) is 4.79 Å². The second-order valence-electron chi connectivity index (χ2n) is 5.80. The third-order valence-corrected chi connectivity index (χ3v) is 3.99. The van der Waals surface area contributed by atoms with Crippen LogP contribution in [0.2, 0.25) is 0 Å². The molecular formula is C14H29N3O. The Morgan fingerprint density at radius 3 is 2.44 bits per heavy atom. The third-order valence-electron chi connectivity index (χ3n) is 3.99. The number of nitrogens with one attached hydrogen (secondary N) is 1. The molecule has 4 heteroatoms. The second-order valence-corrected chi connectivity index (χ2v) is 5.80. The molecule has 1 atom stereocenters. The maximum absolute atomic E-state index is 12.0. The minimum absolute atomic E-state index is 0.136. The van der Waals surface area contributed by atoms with E-state index in [1.165, 1.54) is 25.7 Å². The first-order chi connectivity index (χ1) is 8.54. The van der Waals surface area contributed by atoms with E-state index >= 15 is 0 Å². The monoisotopic (exact) mass is 255 g/mol. The first kappa shape index (κ1) is 15.4. The fourth-order valence-corrected chi connectivity index (χ4v) is 2.48. The lowest BCUT2D eigenvalue weighted by molar-refractivity contribution is -0.123. The molecule has 0 spiro atoms. The highest BCUT2D eigenvalue weighted by Gasteiger charge is 2.24. The van der Waals surface area contributed by atoms with Gasteiger partial charge in [0.15, 0.2) is 0 Å². The van der Waals surface area contributed by atoms with E-state index < -0.39 is 0 Å². The predicted octanol–water partition coefficient (Wildman–Crippen LogP) is 1.35. The first-order valence-electron chi connectivity index (χ1n) is 7.28. The average molecular weight is 255 g/mol. The maximum atomic E-state index is 12.0. The molecule has 18 heavy (non-hydrogen) atoms. The minimum Gasteiger partial charge on any atom is -0.352 e. The molecule has 0 heterocycles. The van der Waals surface area contributed by atoms with Crippen LogP contribution in [0, 0.1) is 5.92 Å². The van der Waals surface area contributed by atoms with Gasteiger partial charge in [-0.15, -0.1) is 0 Å². The van der Waals surface area contributed by atoms with Crippen molar-refractivity contribution >= 4 is 5.91 Å². The highest BCUT2D eigenvalue weighted by molar-refractivity contribution is 5.78. The molecule has 0 radical (unpaired) electrons. The van der Waals surface area contributed by atoms with E-state index in [2.05, 4.69) is 31.0 Å². The Labute approximate surface area is 111 Å². The summed E-state index contributed by atoms with van der Waals surface area (Å²) >= 11 is 0. The van der Waals surface area contributed by atoms with Crippen LogP contribution < -0.4 is 11.1 Å². The molecule has 3 N–H and O–H groups in total. The Balaban J connectivity index is 2.42. The Hall–Kier alpha value is -0.610. The van der Waals surface area contributed by atoms with Crippen molar-refractivity contribution in [3.05, 3.63) is 0 Å². The standard InChI is InChI=1S/C14H29N3O/c1-11(2)12(3)16-14(18)10-17(9-8-15)13-6-4-5-7-13/h11-13H,4-10,15H2,1-3H3,(H,16,18). The minimum atomic E-state index is 0.136. The maximum Gasteiger partial charge on any atom is 0.234 e. The molecule has 0 bridgehead atoms. The lowest BCUT2D eigenvalue weighted by Gasteiger charge is -2.28. The van der Waals surface area contributed by atoms with E-state index in [0.717, 1.165) is 6.54 Å².